The molecule has 20 heavy (non-hydrogen) atoms. The molecule has 1 aromatic carbocycles. The molecule has 1 fully saturated rings. The van der Waals surface area contributed by atoms with Crippen molar-refractivity contribution in [3.8, 4) is 0 Å². The standard InChI is InChI=1S/C13H13N3O3S/c17-11-5-4-10(12(18)14-11)16-6-8-7(13(16)19)2-1-3-9(8)15-20/h1-3,10,15,20H,4-6H2,(H,14,17,18). The number of fused-ring (bicyclic) bond motifs is 1. The van der Waals surface area contributed by atoms with Crippen LogP contribution in [-0.4, -0.2) is 28.7 Å². The maximum absolute atomic E-state index is 12.4. The molecule has 104 valence electrons. The van der Waals surface area contributed by atoms with Crippen LogP contribution in [0, 0.1) is 0 Å². The first-order chi connectivity index (χ1) is 9.61. The lowest BCUT2D eigenvalue weighted by Gasteiger charge is -2.29. The summed E-state index contributed by atoms with van der Waals surface area (Å²) in [5.41, 5.74) is 2.17. The molecule has 1 atom stereocenters. The topological polar surface area (TPSA) is 78.5 Å². The van der Waals surface area contributed by atoms with E-state index >= 15 is 0 Å². The van der Waals surface area contributed by atoms with E-state index in [-0.39, 0.29) is 18.2 Å². The molecule has 3 rings (SSSR count). The highest BCUT2D eigenvalue weighted by molar-refractivity contribution is 7.81. The quantitative estimate of drug-likeness (QED) is 0.554. The first kappa shape index (κ1) is 13.0. The van der Waals surface area contributed by atoms with E-state index in [9.17, 15) is 14.4 Å². The van der Waals surface area contributed by atoms with Crippen molar-refractivity contribution in [1.29, 1.82) is 0 Å². The van der Waals surface area contributed by atoms with Crippen molar-refractivity contribution in [3.05, 3.63) is 29.3 Å². The minimum Gasteiger partial charge on any atom is -0.332 e. The number of carbonyl (C=O) groups is 3. The van der Waals surface area contributed by atoms with Gasteiger partial charge in [0.1, 0.15) is 6.04 Å². The molecule has 0 spiro atoms. The zero-order valence-corrected chi connectivity index (χ0v) is 11.4. The zero-order chi connectivity index (χ0) is 14.3. The van der Waals surface area contributed by atoms with E-state index in [1.807, 2.05) is 6.07 Å². The third-order valence-corrected chi connectivity index (χ3v) is 3.94. The van der Waals surface area contributed by atoms with Crippen molar-refractivity contribution in [2.24, 2.45) is 0 Å². The van der Waals surface area contributed by atoms with Gasteiger partial charge in [0.15, 0.2) is 0 Å². The lowest BCUT2D eigenvalue weighted by molar-refractivity contribution is -0.136. The van der Waals surface area contributed by atoms with Crippen molar-refractivity contribution < 1.29 is 14.4 Å². The Morgan fingerprint density at radius 1 is 1.30 bits per heavy atom. The normalized spacial score (nSPS) is 21.8. The van der Waals surface area contributed by atoms with Gasteiger partial charge in [0.05, 0.1) is 0 Å². The number of carbonyl (C=O) groups excluding carboxylic acids is 3. The smallest absolute Gasteiger partial charge is 0.255 e. The van der Waals surface area contributed by atoms with Gasteiger partial charge in [-0.3, -0.25) is 19.7 Å². The summed E-state index contributed by atoms with van der Waals surface area (Å²) >= 11 is 4.02. The molecule has 2 heterocycles. The maximum atomic E-state index is 12.4. The van der Waals surface area contributed by atoms with Crippen molar-refractivity contribution in [3.63, 3.8) is 0 Å². The minimum absolute atomic E-state index is 0.181. The van der Waals surface area contributed by atoms with Gasteiger partial charge in [-0.05, 0) is 18.6 Å². The highest BCUT2D eigenvalue weighted by Gasteiger charge is 2.39. The molecule has 0 bridgehead atoms. The molecule has 1 saturated heterocycles. The van der Waals surface area contributed by atoms with Crippen LogP contribution in [0.2, 0.25) is 0 Å². The van der Waals surface area contributed by atoms with Crippen LogP contribution in [0.1, 0.15) is 28.8 Å². The lowest BCUT2D eigenvalue weighted by atomic mass is 10.0. The second-order valence-corrected chi connectivity index (χ2v) is 5.07. The Labute approximate surface area is 121 Å². The van der Waals surface area contributed by atoms with Crippen molar-refractivity contribution in [2.45, 2.75) is 25.4 Å². The lowest BCUT2D eigenvalue weighted by Crippen LogP contribution is -2.52. The number of imide groups is 1. The van der Waals surface area contributed by atoms with Gasteiger partial charge in [-0.25, -0.2) is 0 Å². The number of rotatable bonds is 2. The number of piperidine rings is 1. The van der Waals surface area contributed by atoms with E-state index in [0.29, 0.717) is 18.5 Å². The second kappa shape index (κ2) is 4.82. The third-order valence-electron chi connectivity index (χ3n) is 3.70. The summed E-state index contributed by atoms with van der Waals surface area (Å²) in [5, 5.41) is 2.28. The van der Waals surface area contributed by atoms with Gasteiger partial charge in [-0.1, -0.05) is 18.9 Å². The molecular formula is C13H13N3O3S. The summed E-state index contributed by atoms with van der Waals surface area (Å²) < 4.78 is 2.75. The fraction of sp³-hybridized carbons (Fsp3) is 0.308. The molecular weight excluding hydrogens is 278 g/mol. The van der Waals surface area contributed by atoms with E-state index in [4.69, 9.17) is 0 Å². The van der Waals surface area contributed by atoms with Gasteiger partial charge in [0, 0.05) is 29.8 Å². The Morgan fingerprint density at radius 3 is 2.80 bits per heavy atom. The molecule has 0 saturated carbocycles. The third kappa shape index (κ3) is 1.94. The van der Waals surface area contributed by atoms with Crippen molar-refractivity contribution in [2.75, 3.05) is 4.72 Å². The Hall–Kier alpha value is -2.02. The van der Waals surface area contributed by atoms with Gasteiger partial charge in [0.25, 0.3) is 5.91 Å². The Bertz CT molecular complexity index is 617. The number of hydrogen-bond acceptors (Lipinski definition) is 5. The monoisotopic (exact) mass is 291 g/mol. The van der Waals surface area contributed by atoms with E-state index in [1.54, 1.807) is 12.1 Å². The number of hydrogen-bond donors (Lipinski definition) is 3. The molecule has 0 aliphatic carbocycles. The van der Waals surface area contributed by atoms with Gasteiger partial charge in [0.2, 0.25) is 11.8 Å². The van der Waals surface area contributed by atoms with Crippen molar-refractivity contribution in [1.82, 2.24) is 10.2 Å². The molecule has 2 N–H and O–H groups in total. The fourth-order valence-corrected chi connectivity index (χ4v) is 2.90. The molecule has 7 heteroatoms. The van der Waals surface area contributed by atoms with Gasteiger partial charge >= 0.3 is 0 Å². The van der Waals surface area contributed by atoms with E-state index in [0.717, 1.165) is 11.3 Å². The molecule has 2 aliphatic heterocycles. The number of benzene rings is 1. The SMILES string of the molecule is O=C1CCC(N2Cc3c(NS)cccc3C2=O)C(=O)N1. The molecule has 1 unspecified atom stereocenters. The average molecular weight is 291 g/mol. The molecule has 0 aromatic heterocycles. The Kier molecular flexibility index (Phi) is 3.13. The summed E-state index contributed by atoms with van der Waals surface area (Å²) in [6.07, 6.45) is 0.627. The van der Waals surface area contributed by atoms with E-state index in [2.05, 4.69) is 22.9 Å². The Balaban J connectivity index is 1.90. The summed E-state index contributed by atoms with van der Waals surface area (Å²) in [4.78, 5) is 37.0. The molecule has 2 aliphatic rings. The van der Waals surface area contributed by atoms with E-state index in [1.165, 1.54) is 4.90 Å². The first-order valence-corrected chi connectivity index (χ1v) is 6.73. The summed E-state index contributed by atoms with van der Waals surface area (Å²) in [5.74, 6) is -0.865. The second-order valence-electron chi connectivity index (χ2n) is 4.84. The Morgan fingerprint density at radius 2 is 2.10 bits per heavy atom. The highest BCUT2D eigenvalue weighted by atomic mass is 32.1. The van der Waals surface area contributed by atoms with Crippen LogP contribution < -0.4 is 10.0 Å². The molecule has 6 nitrogen and oxygen atoms in total. The number of anilines is 1. The number of thiol groups is 1. The van der Waals surface area contributed by atoms with Crippen LogP contribution in [0.15, 0.2) is 18.2 Å². The summed E-state index contributed by atoms with van der Waals surface area (Å²) in [6, 6.07) is 4.74. The van der Waals surface area contributed by atoms with Crippen LogP contribution in [-0.2, 0) is 16.1 Å². The largest absolute Gasteiger partial charge is 0.332 e. The van der Waals surface area contributed by atoms with Crippen LogP contribution in [0.25, 0.3) is 0 Å². The zero-order valence-electron chi connectivity index (χ0n) is 10.5. The first-order valence-electron chi connectivity index (χ1n) is 6.28. The number of nitrogens with one attached hydrogen (secondary N) is 2. The van der Waals surface area contributed by atoms with E-state index < -0.39 is 11.9 Å². The predicted octanol–water partition coefficient (Wildman–Crippen LogP) is 0.704. The van der Waals surface area contributed by atoms with Gasteiger partial charge < -0.3 is 9.62 Å². The van der Waals surface area contributed by atoms with Crippen molar-refractivity contribution >= 4 is 36.2 Å². The van der Waals surface area contributed by atoms with Crippen LogP contribution in [0.5, 0.6) is 0 Å². The average Bonchev–Trinajstić information content (AvgIpc) is 2.76. The molecule has 3 amide bonds. The molecule has 1 aromatic rings. The summed E-state index contributed by atoms with van der Waals surface area (Å²) in [6.45, 7) is 0.351. The van der Waals surface area contributed by atoms with Crippen LogP contribution >= 0.6 is 12.8 Å². The number of nitrogens with zero attached hydrogens (tertiary/aromatic N) is 1. The highest BCUT2D eigenvalue weighted by Crippen LogP contribution is 2.32. The number of amides is 3. The predicted molar refractivity (Wildman–Crippen MR) is 75.1 cm³/mol. The minimum atomic E-state index is -0.583. The van der Waals surface area contributed by atoms with Gasteiger partial charge in [-0.15, -0.1) is 0 Å². The maximum Gasteiger partial charge on any atom is 0.255 e. The van der Waals surface area contributed by atoms with Gasteiger partial charge in [-0.2, -0.15) is 0 Å². The van der Waals surface area contributed by atoms with Crippen LogP contribution in [0.3, 0.4) is 0 Å². The molecule has 0 radical (unpaired) electrons. The fourth-order valence-electron chi connectivity index (χ4n) is 2.69. The summed E-state index contributed by atoms with van der Waals surface area (Å²) in [7, 11) is 0. The van der Waals surface area contributed by atoms with Crippen LogP contribution in [0.4, 0.5) is 5.69 Å².